The molecule has 1 atom stereocenters. The summed E-state index contributed by atoms with van der Waals surface area (Å²) in [6, 6.07) is 0. The zero-order valence-corrected chi connectivity index (χ0v) is 15.3. The van der Waals surface area contributed by atoms with Crippen molar-refractivity contribution in [2.75, 3.05) is 13.2 Å². The Kier molecular flexibility index (Phi) is 10.8. The molecule has 2 nitrogen and oxygen atoms in total. The number of Topliss-reactive ketones (excluding diaryl/α,β-unsaturated/α-hetero) is 1. The van der Waals surface area contributed by atoms with Gasteiger partial charge in [-0.3, -0.25) is 4.79 Å². The Balaban J connectivity index is 5.07. The lowest BCUT2D eigenvalue weighted by Gasteiger charge is -2.27. The van der Waals surface area contributed by atoms with Gasteiger partial charge in [-0.25, -0.2) is 0 Å². The molecule has 0 bridgehead atoms. The predicted molar refractivity (Wildman–Crippen MR) is 96.3 cm³/mol. The van der Waals surface area contributed by atoms with E-state index in [2.05, 4.69) is 0 Å². The highest BCUT2D eigenvalue weighted by atomic mass is 19.4. The molecule has 0 saturated heterocycles. The topological polar surface area (TPSA) is 26.3 Å². The van der Waals surface area contributed by atoms with E-state index < -0.39 is 17.4 Å². The number of carbonyl (C=O) groups excluding carboxylic acids is 1. The Hall–Kier alpha value is -1.88. The molecule has 0 heterocycles. The molecule has 0 aliphatic carbocycles. The normalized spacial score (nSPS) is 16.5. The van der Waals surface area contributed by atoms with E-state index in [0.29, 0.717) is 12.2 Å². The van der Waals surface area contributed by atoms with E-state index in [1.807, 2.05) is 19.1 Å². The molecule has 1 unspecified atom stereocenters. The Bertz CT molecular complexity index is 552. The zero-order chi connectivity index (χ0) is 19.3. The highest BCUT2D eigenvalue weighted by Gasteiger charge is 2.54. The number of hydrogen-bond donors (Lipinski definition) is 0. The molecular weight excluding hydrogens is 329 g/mol. The summed E-state index contributed by atoms with van der Waals surface area (Å²) in [6.45, 7) is 6.95. The molecule has 0 aromatic heterocycles. The van der Waals surface area contributed by atoms with Crippen molar-refractivity contribution in [1.82, 2.24) is 0 Å². The highest BCUT2D eigenvalue weighted by molar-refractivity contribution is 5.89. The summed E-state index contributed by atoms with van der Waals surface area (Å²) in [5, 5.41) is 0. The molecule has 5 heteroatoms. The maximum absolute atomic E-state index is 13.4. The van der Waals surface area contributed by atoms with Crippen LogP contribution in [0.3, 0.4) is 0 Å². The van der Waals surface area contributed by atoms with E-state index in [0.717, 1.165) is 13.0 Å². The fourth-order valence-electron chi connectivity index (χ4n) is 1.87. The quantitative estimate of drug-likeness (QED) is 0.283. The van der Waals surface area contributed by atoms with Crippen LogP contribution >= 0.6 is 0 Å². The Morgan fingerprint density at radius 2 is 1.64 bits per heavy atom. The van der Waals surface area contributed by atoms with E-state index in [1.54, 1.807) is 38.2 Å². The van der Waals surface area contributed by atoms with Gasteiger partial charge < -0.3 is 4.74 Å². The first-order valence-corrected chi connectivity index (χ1v) is 8.14. The van der Waals surface area contributed by atoms with Gasteiger partial charge >= 0.3 is 6.18 Å². The predicted octanol–water partition coefficient (Wildman–Crippen LogP) is 5.74. The third kappa shape index (κ3) is 8.16. The first kappa shape index (κ1) is 23.1. The summed E-state index contributed by atoms with van der Waals surface area (Å²) >= 11 is 0. The van der Waals surface area contributed by atoms with Crippen LogP contribution in [0.15, 0.2) is 60.3 Å². The number of alkyl halides is 3. The van der Waals surface area contributed by atoms with Gasteiger partial charge in [-0.05, 0) is 33.3 Å². The molecule has 0 aliphatic heterocycles. The van der Waals surface area contributed by atoms with Crippen molar-refractivity contribution in [3.8, 4) is 0 Å². The van der Waals surface area contributed by atoms with Crippen LogP contribution in [-0.4, -0.2) is 25.2 Å². The first-order valence-electron chi connectivity index (χ1n) is 8.14. The van der Waals surface area contributed by atoms with E-state index in [4.69, 9.17) is 4.74 Å². The molecule has 0 rings (SSSR count). The van der Waals surface area contributed by atoms with Crippen LogP contribution in [0.2, 0.25) is 0 Å². The molecule has 0 saturated carbocycles. The van der Waals surface area contributed by atoms with Crippen molar-refractivity contribution in [3.63, 3.8) is 0 Å². The maximum Gasteiger partial charge on any atom is 0.404 e. The summed E-state index contributed by atoms with van der Waals surface area (Å²) in [4.78, 5) is 12.3. The lowest BCUT2D eigenvalue weighted by atomic mass is 9.81. The largest absolute Gasteiger partial charge is 0.404 e. The molecule has 0 spiro atoms. The zero-order valence-electron chi connectivity index (χ0n) is 15.3. The molecule has 0 amide bonds. The minimum atomic E-state index is -4.66. The fraction of sp³-hybridized carbons (Fsp3) is 0.450. The second-order valence-corrected chi connectivity index (χ2v) is 5.56. The minimum Gasteiger partial charge on any atom is -0.373 e. The monoisotopic (exact) mass is 356 g/mol. The van der Waals surface area contributed by atoms with Crippen LogP contribution in [0.1, 0.15) is 34.1 Å². The van der Waals surface area contributed by atoms with Crippen molar-refractivity contribution in [2.45, 2.75) is 40.3 Å². The Labute approximate surface area is 148 Å². The number of carbonyl (C=O) groups is 1. The van der Waals surface area contributed by atoms with Crippen molar-refractivity contribution < 1.29 is 22.7 Å². The summed E-state index contributed by atoms with van der Waals surface area (Å²) in [5.74, 6) is -0.889. The summed E-state index contributed by atoms with van der Waals surface area (Å²) in [5.41, 5.74) is -1.97. The third-order valence-corrected chi connectivity index (χ3v) is 3.62. The number of halogens is 3. The summed E-state index contributed by atoms with van der Waals surface area (Å²) in [6.07, 6.45) is 8.91. The maximum atomic E-state index is 13.4. The van der Waals surface area contributed by atoms with E-state index in [-0.39, 0.29) is 13.0 Å². The fourth-order valence-corrected chi connectivity index (χ4v) is 1.87. The number of ketones is 1. The average molecular weight is 356 g/mol. The average Bonchev–Trinajstić information content (AvgIpc) is 2.55. The van der Waals surface area contributed by atoms with Crippen molar-refractivity contribution in [1.29, 1.82) is 0 Å². The second kappa shape index (κ2) is 11.6. The van der Waals surface area contributed by atoms with Crippen LogP contribution in [-0.2, 0) is 9.53 Å². The van der Waals surface area contributed by atoms with Gasteiger partial charge in [0.05, 0.1) is 13.2 Å². The number of allylic oxidation sites excluding steroid dienone is 8. The molecule has 0 aromatic rings. The summed E-state index contributed by atoms with van der Waals surface area (Å²) < 4.78 is 45.5. The molecule has 0 radical (unpaired) electrons. The number of rotatable bonds is 10. The Morgan fingerprint density at radius 1 is 1.00 bits per heavy atom. The highest BCUT2D eigenvalue weighted by Crippen LogP contribution is 2.41. The molecule has 0 fully saturated rings. The van der Waals surface area contributed by atoms with Crippen LogP contribution < -0.4 is 0 Å². The van der Waals surface area contributed by atoms with Gasteiger partial charge in [0.1, 0.15) is 5.41 Å². The molecule has 0 N–H and O–H groups in total. The van der Waals surface area contributed by atoms with E-state index >= 15 is 0 Å². The summed E-state index contributed by atoms with van der Waals surface area (Å²) in [7, 11) is 0. The van der Waals surface area contributed by atoms with Crippen molar-refractivity contribution >= 4 is 5.78 Å². The minimum absolute atomic E-state index is 0.267. The van der Waals surface area contributed by atoms with E-state index in [9.17, 15) is 18.0 Å². The van der Waals surface area contributed by atoms with Gasteiger partial charge in [-0.15, -0.1) is 0 Å². The van der Waals surface area contributed by atoms with Crippen molar-refractivity contribution in [2.24, 2.45) is 5.41 Å². The molecule has 0 aromatic carbocycles. The molecular formula is C20H27F3O2. The van der Waals surface area contributed by atoms with E-state index in [1.165, 1.54) is 12.2 Å². The first-order chi connectivity index (χ1) is 11.7. The SMILES string of the molecule is C/C=C\COC/C=C\C=C/C(C)(C(=O)CC(/C=C\C)=C/C)C(F)(F)F. The Morgan fingerprint density at radius 3 is 2.16 bits per heavy atom. The van der Waals surface area contributed by atoms with Gasteiger partial charge in [0, 0.05) is 6.42 Å². The lowest BCUT2D eigenvalue weighted by Crippen LogP contribution is -2.41. The third-order valence-electron chi connectivity index (χ3n) is 3.62. The molecule has 0 aliphatic rings. The smallest absolute Gasteiger partial charge is 0.373 e. The van der Waals surface area contributed by atoms with Crippen LogP contribution in [0.4, 0.5) is 13.2 Å². The van der Waals surface area contributed by atoms with Gasteiger partial charge in [0.25, 0.3) is 0 Å². The standard InChI is InChI=1S/C20H27F3O2/c1-5-8-14-25-15-11-9-10-13-19(4,20(21,22)23)18(24)16-17(7-3)12-6-2/h5-13H,14-16H2,1-4H3/b8-5-,11-9-,12-6-,13-10-,17-7+. The van der Waals surface area contributed by atoms with Crippen LogP contribution in [0.25, 0.3) is 0 Å². The van der Waals surface area contributed by atoms with Gasteiger partial charge in [-0.1, -0.05) is 54.7 Å². The van der Waals surface area contributed by atoms with Crippen molar-refractivity contribution in [3.05, 3.63) is 60.3 Å². The van der Waals surface area contributed by atoms with Gasteiger partial charge in [0.15, 0.2) is 5.78 Å². The molecule has 140 valence electrons. The lowest BCUT2D eigenvalue weighted by molar-refractivity contribution is -0.200. The van der Waals surface area contributed by atoms with Gasteiger partial charge in [0.2, 0.25) is 0 Å². The molecule has 25 heavy (non-hydrogen) atoms. The van der Waals surface area contributed by atoms with Crippen LogP contribution in [0.5, 0.6) is 0 Å². The van der Waals surface area contributed by atoms with Gasteiger partial charge in [-0.2, -0.15) is 13.2 Å². The second-order valence-electron chi connectivity index (χ2n) is 5.56. The number of ether oxygens (including phenoxy) is 1. The van der Waals surface area contributed by atoms with Crippen LogP contribution in [0, 0.1) is 5.41 Å². The number of hydrogen-bond acceptors (Lipinski definition) is 2.